The van der Waals surface area contributed by atoms with Crippen molar-refractivity contribution in [3.8, 4) is 0 Å². The Kier molecular flexibility index (Phi) is 3.76. The van der Waals surface area contributed by atoms with Crippen LogP contribution in [0.5, 0.6) is 0 Å². The summed E-state index contributed by atoms with van der Waals surface area (Å²) in [6.45, 7) is 1.85. The van der Waals surface area contributed by atoms with Crippen LogP contribution in [0.2, 0.25) is 0 Å². The van der Waals surface area contributed by atoms with Gasteiger partial charge in [-0.3, -0.25) is 4.99 Å². The van der Waals surface area contributed by atoms with Crippen molar-refractivity contribution >= 4 is 5.71 Å². The third-order valence-corrected chi connectivity index (χ3v) is 3.30. The summed E-state index contributed by atoms with van der Waals surface area (Å²) in [6.07, 6.45) is -1.15. The zero-order valence-electron chi connectivity index (χ0n) is 10.3. The van der Waals surface area contributed by atoms with E-state index in [-0.39, 0.29) is 18.2 Å². The van der Waals surface area contributed by atoms with Crippen LogP contribution in [0, 0.1) is 0 Å². The number of aliphatic imine (C=N–C) groups is 1. The molecule has 0 heterocycles. The molecule has 1 aliphatic rings. The van der Waals surface area contributed by atoms with Gasteiger partial charge in [-0.25, -0.2) is 8.78 Å². The molecule has 0 bridgehead atoms. The summed E-state index contributed by atoms with van der Waals surface area (Å²) in [6, 6.07) is 9.28. The number of hydrogen-bond acceptors (Lipinski definition) is 2. The predicted molar refractivity (Wildman–Crippen MR) is 67.1 cm³/mol. The Balaban J connectivity index is 2.18. The molecule has 0 radical (unpaired) electrons. The highest BCUT2D eigenvalue weighted by molar-refractivity contribution is 5.90. The smallest absolute Gasteiger partial charge is 0.278 e. The van der Waals surface area contributed by atoms with E-state index in [0.717, 1.165) is 5.56 Å². The number of nitrogens with zero attached hydrogens (tertiary/aromatic N) is 1. The van der Waals surface area contributed by atoms with E-state index in [2.05, 4.69) is 4.99 Å². The number of alkyl halides is 2. The van der Waals surface area contributed by atoms with E-state index in [9.17, 15) is 13.9 Å². The largest absolute Gasteiger partial charge is 0.381 e. The summed E-state index contributed by atoms with van der Waals surface area (Å²) in [5.41, 5.74) is 1.19. The molecule has 0 aromatic heterocycles. The number of rotatable bonds is 2. The van der Waals surface area contributed by atoms with E-state index in [0.29, 0.717) is 12.8 Å². The number of benzene rings is 1. The number of aliphatic hydroxyl groups is 1. The second-order valence-electron chi connectivity index (χ2n) is 4.72. The van der Waals surface area contributed by atoms with Crippen LogP contribution in [-0.4, -0.2) is 22.8 Å². The molecule has 1 aromatic rings. The minimum Gasteiger partial charge on any atom is -0.381 e. The van der Waals surface area contributed by atoms with Crippen LogP contribution >= 0.6 is 0 Å². The third-order valence-electron chi connectivity index (χ3n) is 3.30. The maximum atomic E-state index is 13.4. The highest BCUT2D eigenvalue weighted by Crippen LogP contribution is 2.33. The maximum absolute atomic E-state index is 13.4. The molecule has 18 heavy (non-hydrogen) atoms. The monoisotopic (exact) mass is 253 g/mol. The van der Waals surface area contributed by atoms with Gasteiger partial charge in [0.15, 0.2) is 6.10 Å². The van der Waals surface area contributed by atoms with Gasteiger partial charge >= 0.3 is 0 Å². The van der Waals surface area contributed by atoms with E-state index >= 15 is 0 Å². The summed E-state index contributed by atoms with van der Waals surface area (Å²) >= 11 is 0. The van der Waals surface area contributed by atoms with Gasteiger partial charge in [0.05, 0.1) is 6.04 Å². The SMILES string of the molecule is C[C@@H](N=C1CCCC(F)(F)[C@@H]1O)c1ccccc1. The Morgan fingerprint density at radius 2 is 2.00 bits per heavy atom. The lowest BCUT2D eigenvalue weighted by Gasteiger charge is -2.29. The van der Waals surface area contributed by atoms with E-state index in [1.54, 1.807) is 0 Å². The van der Waals surface area contributed by atoms with Gasteiger partial charge in [-0.2, -0.15) is 0 Å². The van der Waals surface area contributed by atoms with Crippen LogP contribution in [0.25, 0.3) is 0 Å². The first-order chi connectivity index (χ1) is 8.50. The van der Waals surface area contributed by atoms with Gasteiger partial charge in [0, 0.05) is 12.1 Å². The summed E-state index contributed by atoms with van der Waals surface area (Å²) in [7, 11) is 0. The molecule has 1 N–H and O–H groups in total. The van der Waals surface area contributed by atoms with Crippen molar-refractivity contribution in [1.29, 1.82) is 0 Å². The molecule has 1 aromatic carbocycles. The van der Waals surface area contributed by atoms with Gasteiger partial charge in [-0.05, 0) is 25.3 Å². The Hall–Kier alpha value is -1.29. The van der Waals surface area contributed by atoms with Crippen molar-refractivity contribution in [2.45, 2.75) is 44.3 Å². The van der Waals surface area contributed by atoms with Crippen molar-refractivity contribution in [3.63, 3.8) is 0 Å². The lowest BCUT2D eigenvalue weighted by Crippen LogP contribution is -2.43. The Bertz CT molecular complexity index is 431. The van der Waals surface area contributed by atoms with Gasteiger partial charge in [0.1, 0.15) is 0 Å². The molecule has 0 spiro atoms. The molecule has 98 valence electrons. The molecule has 0 aliphatic heterocycles. The summed E-state index contributed by atoms with van der Waals surface area (Å²) in [5, 5.41) is 9.61. The molecule has 2 atom stereocenters. The molecule has 0 unspecified atom stereocenters. The Labute approximate surface area is 105 Å². The quantitative estimate of drug-likeness (QED) is 0.861. The molecule has 1 fully saturated rings. The third kappa shape index (κ3) is 2.75. The van der Waals surface area contributed by atoms with Crippen molar-refractivity contribution < 1.29 is 13.9 Å². The average molecular weight is 253 g/mol. The standard InChI is InChI=1S/C14H17F2NO/c1-10(11-6-3-2-4-7-11)17-12-8-5-9-14(15,16)13(12)18/h2-4,6-7,10,13,18H,5,8-9H2,1H3/t10-,13-/m1/s1. The molecule has 2 rings (SSSR count). The fourth-order valence-electron chi connectivity index (χ4n) is 2.21. The first-order valence-corrected chi connectivity index (χ1v) is 6.18. The first-order valence-electron chi connectivity index (χ1n) is 6.18. The number of aliphatic hydroxyl groups excluding tert-OH is 1. The molecule has 2 nitrogen and oxygen atoms in total. The lowest BCUT2D eigenvalue weighted by atomic mass is 9.91. The summed E-state index contributed by atoms with van der Waals surface area (Å²) < 4.78 is 26.7. The van der Waals surface area contributed by atoms with Gasteiger partial charge in [0.2, 0.25) is 0 Å². The molecule has 0 saturated heterocycles. The molecule has 1 aliphatic carbocycles. The zero-order chi connectivity index (χ0) is 13.2. The van der Waals surface area contributed by atoms with Crippen LogP contribution in [-0.2, 0) is 0 Å². The van der Waals surface area contributed by atoms with Crippen molar-refractivity contribution in [2.75, 3.05) is 0 Å². The van der Waals surface area contributed by atoms with E-state index in [1.165, 1.54) is 0 Å². The first kappa shape index (κ1) is 13.1. The van der Waals surface area contributed by atoms with Gasteiger partial charge in [-0.15, -0.1) is 0 Å². The Morgan fingerprint density at radius 3 is 2.67 bits per heavy atom. The highest BCUT2D eigenvalue weighted by Gasteiger charge is 2.44. The van der Waals surface area contributed by atoms with Crippen LogP contribution in [0.3, 0.4) is 0 Å². The number of halogens is 2. The predicted octanol–water partition coefficient (Wildman–Crippen LogP) is 3.37. The molecule has 1 saturated carbocycles. The topological polar surface area (TPSA) is 32.6 Å². The van der Waals surface area contributed by atoms with Crippen LogP contribution < -0.4 is 0 Å². The van der Waals surface area contributed by atoms with Gasteiger partial charge in [-0.1, -0.05) is 30.3 Å². The average Bonchev–Trinajstić information content (AvgIpc) is 2.36. The second-order valence-corrected chi connectivity index (χ2v) is 4.72. The Morgan fingerprint density at radius 1 is 1.33 bits per heavy atom. The minimum absolute atomic E-state index is 0.204. The van der Waals surface area contributed by atoms with Gasteiger partial charge in [0.25, 0.3) is 5.92 Å². The molecular formula is C14H17F2NO. The van der Waals surface area contributed by atoms with Crippen molar-refractivity contribution in [2.24, 2.45) is 4.99 Å². The van der Waals surface area contributed by atoms with Crippen LogP contribution in [0.1, 0.15) is 37.8 Å². The fourth-order valence-corrected chi connectivity index (χ4v) is 2.21. The van der Waals surface area contributed by atoms with E-state index in [1.807, 2.05) is 37.3 Å². The fraction of sp³-hybridized carbons (Fsp3) is 0.500. The minimum atomic E-state index is -3.03. The van der Waals surface area contributed by atoms with E-state index in [4.69, 9.17) is 0 Å². The lowest BCUT2D eigenvalue weighted by molar-refractivity contribution is -0.0914. The molecule has 0 amide bonds. The summed E-state index contributed by atoms with van der Waals surface area (Å²) in [4.78, 5) is 4.27. The van der Waals surface area contributed by atoms with E-state index < -0.39 is 12.0 Å². The van der Waals surface area contributed by atoms with Crippen LogP contribution in [0.15, 0.2) is 35.3 Å². The van der Waals surface area contributed by atoms with Gasteiger partial charge < -0.3 is 5.11 Å². The van der Waals surface area contributed by atoms with Crippen molar-refractivity contribution in [1.82, 2.24) is 0 Å². The highest BCUT2D eigenvalue weighted by atomic mass is 19.3. The number of hydrogen-bond donors (Lipinski definition) is 1. The molecule has 4 heteroatoms. The maximum Gasteiger partial charge on any atom is 0.278 e. The van der Waals surface area contributed by atoms with Crippen LogP contribution in [0.4, 0.5) is 8.78 Å². The van der Waals surface area contributed by atoms with Crippen molar-refractivity contribution in [3.05, 3.63) is 35.9 Å². The summed E-state index contributed by atoms with van der Waals surface area (Å²) in [5.74, 6) is -3.03. The molecular weight excluding hydrogens is 236 g/mol. The normalized spacial score (nSPS) is 27.1. The zero-order valence-corrected chi connectivity index (χ0v) is 10.3. The second kappa shape index (κ2) is 5.14.